The van der Waals surface area contributed by atoms with Gasteiger partial charge in [0.1, 0.15) is 0 Å². The van der Waals surface area contributed by atoms with E-state index in [1.807, 2.05) is 6.92 Å². The number of unbranched alkanes of at least 4 members (excludes halogenated alkanes) is 2. The summed E-state index contributed by atoms with van der Waals surface area (Å²) in [5, 5.41) is 7.78. The maximum atomic E-state index is 10.6. The normalized spacial score (nSPS) is 9.24. The predicted octanol–water partition coefficient (Wildman–Crippen LogP) is 1.47. The first-order chi connectivity index (χ1) is 9.92. The van der Waals surface area contributed by atoms with Gasteiger partial charge in [0.05, 0.1) is 0 Å². The van der Waals surface area contributed by atoms with Crippen molar-refractivity contribution < 1.29 is 24.5 Å². The molecule has 7 heteroatoms. The highest BCUT2D eigenvalue weighted by Gasteiger charge is 2.02. The second-order valence-corrected chi connectivity index (χ2v) is 4.23. The number of primary amides is 2. The van der Waals surface area contributed by atoms with Gasteiger partial charge in [-0.3, -0.25) is 9.59 Å². The third kappa shape index (κ3) is 8.38. The molecule has 0 aliphatic heterocycles. The van der Waals surface area contributed by atoms with Gasteiger partial charge in [0.15, 0.2) is 0 Å². The van der Waals surface area contributed by atoms with E-state index < -0.39 is 17.8 Å². The van der Waals surface area contributed by atoms with Crippen LogP contribution in [-0.4, -0.2) is 23.0 Å². The molecule has 2 amide bonds. The third-order valence-electron chi connectivity index (χ3n) is 2.54. The summed E-state index contributed by atoms with van der Waals surface area (Å²) in [7, 11) is 0. The Labute approximate surface area is 122 Å². The van der Waals surface area contributed by atoms with Gasteiger partial charge in [-0.25, -0.2) is 4.79 Å². The van der Waals surface area contributed by atoms with Crippen molar-refractivity contribution in [2.45, 2.75) is 32.6 Å². The molecule has 0 unspecified atom stereocenters. The molecule has 0 radical (unpaired) electrons. The first-order valence-corrected chi connectivity index (χ1v) is 6.46. The number of nitrogens with two attached hydrogens (primary N) is 2. The molecule has 1 aromatic rings. The van der Waals surface area contributed by atoms with Gasteiger partial charge < -0.3 is 16.4 Å². The lowest BCUT2D eigenvalue weighted by atomic mass is 10.1. The summed E-state index contributed by atoms with van der Waals surface area (Å²) in [4.78, 5) is 34.8. The van der Waals surface area contributed by atoms with Gasteiger partial charge in [-0.1, -0.05) is 19.8 Å². The van der Waals surface area contributed by atoms with Crippen LogP contribution in [0.25, 0.3) is 0 Å². The van der Waals surface area contributed by atoms with Crippen molar-refractivity contribution >= 4 is 17.8 Å². The number of hydrogen-bond acceptors (Lipinski definition) is 5. The van der Waals surface area contributed by atoms with Gasteiger partial charge in [0.25, 0.3) is 0 Å². The van der Waals surface area contributed by atoms with Crippen molar-refractivity contribution in [2.24, 2.45) is 11.5 Å². The summed E-state index contributed by atoms with van der Waals surface area (Å²) in [5.41, 5.74) is 10.7. The van der Waals surface area contributed by atoms with Gasteiger partial charge in [0, 0.05) is 17.5 Å². The van der Waals surface area contributed by atoms with Gasteiger partial charge in [-0.15, -0.1) is 0 Å². The monoisotopic (exact) mass is 296 g/mol. The van der Waals surface area contributed by atoms with Crippen molar-refractivity contribution in [3.63, 3.8) is 0 Å². The van der Waals surface area contributed by atoms with E-state index >= 15 is 0 Å². The van der Waals surface area contributed by atoms with E-state index in [4.69, 9.17) is 16.7 Å². The average Bonchev–Trinajstić information content (AvgIpc) is 2.48. The Morgan fingerprint density at radius 3 is 1.71 bits per heavy atom. The van der Waals surface area contributed by atoms with Gasteiger partial charge in [-0.05, 0) is 30.7 Å². The van der Waals surface area contributed by atoms with Crippen LogP contribution in [0.2, 0.25) is 0 Å². The Balaban J connectivity index is 0.000000400. The predicted molar refractivity (Wildman–Crippen MR) is 76.3 cm³/mol. The molecular formula is C14H20N2O5. The number of carbonyl (C=O) groups excluding carboxylic acids is 3. The highest BCUT2D eigenvalue weighted by molar-refractivity contribution is 5.96. The molecule has 0 heterocycles. The molecule has 0 aliphatic carbocycles. The largest absolute Gasteiger partial charge is 0.366 e. The van der Waals surface area contributed by atoms with Gasteiger partial charge in [0.2, 0.25) is 11.8 Å². The first-order valence-electron chi connectivity index (χ1n) is 6.46. The number of amides is 2. The van der Waals surface area contributed by atoms with Crippen molar-refractivity contribution in [2.75, 3.05) is 0 Å². The van der Waals surface area contributed by atoms with Crippen LogP contribution in [0, 0.1) is 0 Å². The highest BCUT2D eigenvalue weighted by Crippen LogP contribution is 2.02. The fraction of sp³-hybridized carbons (Fsp3) is 0.357. The van der Waals surface area contributed by atoms with E-state index in [2.05, 4.69) is 4.89 Å². The zero-order valence-corrected chi connectivity index (χ0v) is 11.9. The van der Waals surface area contributed by atoms with Crippen LogP contribution in [0.15, 0.2) is 24.3 Å². The Morgan fingerprint density at radius 2 is 1.43 bits per heavy atom. The molecule has 21 heavy (non-hydrogen) atoms. The fourth-order valence-electron chi connectivity index (χ4n) is 1.36. The Bertz CT molecular complexity index is 438. The van der Waals surface area contributed by atoms with Crippen molar-refractivity contribution in [3.8, 4) is 0 Å². The second kappa shape index (κ2) is 10.4. The molecule has 0 atom stereocenters. The summed E-state index contributed by atoms with van der Waals surface area (Å²) in [6.07, 6.45) is 3.20. The van der Waals surface area contributed by atoms with Crippen LogP contribution in [0.1, 0.15) is 53.3 Å². The lowest BCUT2D eigenvalue weighted by Crippen LogP contribution is -2.13. The third-order valence-corrected chi connectivity index (χ3v) is 2.54. The van der Waals surface area contributed by atoms with Gasteiger partial charge >= 0.3 is 5.97 Å². The smallest absolute Gasteiger partial charge is 0.342 e. The van der Waals surface area contributed by atoms with Crippen LogP contribution in [-0.2, 0) is 9.68 Å². The Kier molecular flexibility index (Phi) is 9.19. The van der Waals surface area contributed by atoms with Crippen LogP contribution in [0.3, 0.4) is 0 Å². The molecule has 1 rings (SSSR count). The standard InChI is InChI=1S/C8H8N2O2.C6H12O3/c9-7(11)5-1-2-6(4-3-5)8(10)12;1-2-3-4-5-6(7)9-8/h1-4H,(H2,9,11)(H2,10,12);8H,2-5H2,1H3. The Morgan fingerprint density at radius 1 is 1.00 bits per heavy atom. The minimum Gasteiger partial charge on any atom is -0.366 e. The lowest BCUT2D eigenvalue weighted by Gasteiger charge is -1.96. The van der Waals surface area contributed by atoms with Crippen LogP contribution in [0.5, 0.6) is 0 Å². The SMILES string of the molecule is CCCCCC(=O)OO.NC(=O)c1ccc(C(N)=O)cc1. The minimum absolute atomic E-state index is 0.324. The summed E-state index contributed by atoms with van der Waals surface area (Å²) >= 11 is 0. The molecule has 0 spiro atoms. The molecule has 0 bridgehead atoms. The minimum atomic E-state index is -0.538. The van der Waals surface area contributed by atoms with Crippen molar-refractivity contribution in [3.05, 3.63) is 35.4 Å². The number of benzene rings is 1. The summed E-state index contributed by atoms with van der Waals surface area (Å²) < 4.78 is 0. The lowest BCUT2D eigenvalue weighted by molar-refractivity contribution is -0.234. The van der Waals surface area contributed by atoms with E-state index in [1.165, 1.54) is 24.3 Å². The first kappa shape index (κ1) is 18.6. The quantitative estimate of drug-likeness (QED) is 0.415. The van der Waals surface area contributed by atoms with Crippen LogP contribution in [0.4, 0.5) is 0 Å². The number of rotatable bonds is 6. The summed E-state index contributed by atoms with van der Waals surface area (Å²) in [6.45, 7) is 2.05. The molecule has 1 aromatic carbocycles. The van der Waals surface area contributed by atoms with E-state index in [-0.39, 0.29) is 0 Å². The average molecular weight is 296 g/mol. The Hall–Kier alpha value is -2.41. The van der Waals surface area contributed by atoms with E-state index in [0.717, 1.165) is 19.3 Å². The summed E-state index contributed by atoms with van der Waals surface area (Å²) in [6, 6.07) is 5.84. The zero-order valence-electron chi connectivity index (χ0n) is 11.9. The molecule has 0 aliphatic rings. The van der Waals surface area contributed by atoms with E-state index in [9.17, 15) is 14.4 Å². The molecule has 5 N–H and O–H groups in total. The maximum Gasteiger partial charge on any atom is 0.342 e. The number of hydrogen-bond donors (Lipinski definition) is 3. The topological polar surface area (TPSA) is 133 Å². The molecule has 0 saturated carbocycles. The van der Waals surface area contributed by atoms with E-state index in [1.54, 1.807) is 0 Å². The van der Waals surface area contributed by atoms with Crippen LogP contribution < -0.4 is 11.5 Å². The molecule has 7 nitrogen and oxygen atoms in total. The zero-order chi connectivity index (χ0) is 16.3. The number of carbonyl (C=O) groups is 3. The summed E-state index contributed by atoms with van der Waals surface area (Å²) in [5.74, 6) is -1.58. The maximum absolute atomic E-state index is 10.6. The molecule has 0 fully saturated rings. The van der Waals surface area contributed by atoms with Crippen molar-refractivity contribution in [1.29, 1.82) is 0 Å². The van der Waals surface area contributed by atoms with Crippen molar-refractivity contribution in [1.82, 2.24) is 0 Å². The molecule has 0 aromatic heterocycles. The molecular weight excluding hydrogens is 276 g/mol. The van der Waals surface area contributed by atoms with E-state index in [0.29, 0.717) is 17.5 Å². The van der Waals surface area contributed by atoms with Crippen LogP contribution >= 0.6 is 0 Å². The highest BCUT2D eigenvalue weighted by atomic mass is 17.1. The fourth-order valence-corrected chi connectivity index (χ4v) is 1.36. The molecule has 116 valence electrons. The van der Waals surface area contributed by atoms with Gasteiger partial charge in [-0.2, -0.15) is 5.26 Å². The molecule has 0 saturated heterocycles. The second-order valence-electron chi connectivity index (χ2n) is 4.23.